The molecule has 5 nitrogen and oxygen atoms in total. The summed E-state index contributed by atoms with van der Waals surface area (Å²) >= 11 is 3.24. The van der Waals surface area contributed by atoms with E-state index >= 15 is 0 Å². The standard InChI is InChI=1S/C12H16BrNO4S/c1-3-14(9-12(15)18-4-2)19(16,17)11-7-5-10(13)6-8-11/h5-8H,3-4,9H2,1-2H3. The number of esters is 1. The van der Waals surface area contributed by atoms with Crippen molar-refractivity contribution >= 4 is 31.9 Å². The lowest BCUT2D eigenvalue weighted by Crippen LogP contribution is -2.36. The Morgan fingerprint density at radius 2 is 1.84 bits per heavy atom. The first kappa shape index (κ1) is 16.1. The van der Waals surface area contributed by atoms with Gasteiger partial charge in [-0.25, -0.2) is 8.42 Å². The van der Waals surface area contributed by atoms with Gasteiger partial charge in [0.1, 0.15) is 6.54 Å². The Hall–Kier alpha value is -0.920. The summed E-state index contributed by atoms with van der Waals surface area (Å²) in [4.78, 5) is 11.6. The Kier molecular flexibility index (Phi) is 5.96. The molecule has 0 saturated heterocycles. The maximum atomic E-state index is 12.3. The number of benzene rings is 1. The van der Waals surface area contributed by atoms with Gasteiger partial charge in [0.25, 0.3) is 0 Å². The van der Waals surface area contributed by atoms with E-state index in [2.05, 4.69) is 15.9 Å². The number of hydrogen-bond donors (Lipinski definition) is 0. The van der Waals surface area contributed by atoms with Crippen molar-refractivity contribution in [2.75, 3.05) is 19.7 Å². The highest BCUT2D eigenvalue weighted by molar-refractivity contribution is 9.10. The highest BCUT2D eigenvalue weighted by Crippen LogP contribution is 2.18. The highest BCUT2D eigenvalue weighted by Gasteiger charge is 2.25. The summed E-state index contributed by atoms with van der Waals surface area (Å²) in [5, 5.41) is 0. The van der Waals surface area contributed by atoms with Crippen molar-refractivity contribution < 1.29 is 17.9 Å². The SMILES string of the molecule is CCOC(=O)CN(CC)S(=O)(=O)c1ccc(Br)cc1. The fourth-order valence-electron chi connectivity index (χ4n) is 1.47. The molecule has 0 saturated carbocycles. The molecule has 0 atom stereocenters. The minimum Gasteiger partial charge on any atom is -0.465 e. The first-order valence-corrected chi connectivity index (χ1v) is 8.06. The maximum absolute atomic E-state index is 12.3. The highest BCUT2D eigenvalue weighted by atomic mass is 79.9. The third-order valence-electron chi connectivity index (χ3n) is 2.41. The van der Waals surface area contributed by atoms with Crippen LogP contribution in [-0.4, -0.2) is 38.4 Å². The molecule has 106 valence electrons. The number of carbonyl (C=O) groups excluding carboxylic acids is 1. The van der Waals surface area contributed by atoms with Crippen LogP contribution in [0, 0.1) is 0 Å². The summed E-state index contributed by atoms with van der Waals surface area (Å²) in [7, 11) is -3.67. The fourth-order valence-corrected chi connectivity index (χ4v) is 3.13. The van der Waals surface area contributed by atoms with Gasteiger partial charge >= 0.3 is 5.97 Å². The summed E-state index contributed by atoms with van der Waals surface area (Å²) in [6, 6.07) is 6.27. The van der Waals surface area contributed by atoms with Gasteiger partial charge in [0, 0.05) is 11.0 Å². The molecule has 0 bridgehead atoms. The molecule has 0 aliphatic heterocycles. The summed E-state index contributed by atoms with van der Waals surface area (Å²) in [6.45, 7) is 3.52. The Bertz CT molecular complexity index is 527. The monoisotopic (exact) mass is 349 g/mol. The quantitative estimate of drug-likeness (QED) is 0.737. The van der Waals surface area contributed by atoms with E-state index in [-0.39, 0.29) is 24.6 Å². The second kappa shape index (κ2) is 7.02. The molecule has 0 spiro atoms. The van der Waals surface area contributed by atoms with Crippen molar-refractivity contribution in [2.45, 2.75) is 18.7 Å². The molecule has 0 aliphatic rings. The number of rotatable bonds is 6. The Balaban J connectivity index is 2.95. The molecule has 19 heavy (non-hydrogen) atoms. The van der Waals surface area contributed by atoms with Gasteiger partial charge in [0.05, 0.1) is 11.5 Å². The van der Waals surface area contributed by atoms with Crippen LogP contribution in [0.5, 0.6) is 0 Å². The summed E-state index contributed by atoms with van der Waals surface area (Å²) in [5.74, 6) is -0.551. The van der Waals surface area contributed by atoms with Crippen LogP contribution in [0.25, 0.3) is 0 Å². The number of ether oxygens (including phenoxy) is 1. The third-order valence-corrected chi connectivity index (χ3v) is 4.88. The van der Waals surface area contributed by atoms with Crippen LogP contribution in [0.2, 0.25) is 0 Å². The Labute approximate surface area is 121 Å². The topological polar surface area (TPSA) is 63.7 Å². The maximum Gasteiger partial charge on any atom is 0.321 e. The van der Waals surface area contributed by atoms with Gasteiger partial charge in [0.15, 0.2) is 0 Å². The van der Waals surface area contributed by atoms with E-state index in [4.69, 9.17) is 4.74 Å². The Morgan fingerprint density at radius 1 is 1.26 bits per heavy atom. The molecular formula is C12H16BrNO4S. The third kappa shape index (κ3) is 4.29. The number of halogens is 1. The molecule has 0 radical (unpaired) electrons. The number of likely N-dealkylation sites (N-methyl/N-ethyl adjacent to an activating group) is 1. The lowest BCUT2D eigenvalue weighted by molar-refractivity contribution is -0.143. The van der Waals surface area contributed by atoms with Crippen molar-refractivity contribution in [2.24, 2.45) is 0 Å². The zero-order valence-corrected chi connectivity index (χ0v) is 13.2. The minimum atomic E-state index is -3.67. The van der Waals surface area contributed by atoms with Crippen molar-refractivity contribution in [3.05, 3.63) is 28.7 Å². The average Bonchev–Trinajstić information content (AvgIpc) is 2.36. The van der Waals surface area contributed by atoms with Crippen LogP contribution >= 0.6 is 15.9 Å². The Morgan fingerprint density at radius 3 is 2.32 bits per heavy atom. The van der Waals surface area contributed by atoms with Crippen LogP contribution in [0.15, 0.2) is 33.6 Å². The fraction of sp³-hybridized carbons (Fsp3) is 0.417. The van der Waals surface area contributed by atoms with Crippen LogP contribution in [0.1, 0.15) is 13.8 Å². The molecular weight excluding hydrogens is 334 g/mol. The van der Waals surface area contributed by atoms with Crippen molar-refractivity contribution in [3.8, 4) is 0 Å². The van der Waals surface area contributed by atoms with Gasteiger partial charge < -0.3 is 4.74 Å². The predicted octanol–water partition coefficient (Wildman–Crippen LogP) is 2.02. The zero-order valence-electron chi connectivity index (χ0n) is 10.8. The normalized spacial score (nSPS) is 11.6. The van der Waals surface area contributed by atoms with Crippen LogP contribution in [0.3, 0.4) is 0 Å². The van der Waals surface area contributed by atoms with Crippen molar-refractivity contribution in [1.29, 1.82) is 0 Å². The number of sulfonamides is 1. The molecule has 0 aliphatic carbocycles. The van der Waals surface area contributed by atoms with Gasteiger partial charge in [-0.05, 0) is 31.2 Å². The van der Waals surface area contributed by atoms with E-state index in [1.165, 1.54) is 12.1 Å². The van der Waals surface area contributed by atoms with Gasteiger partial charge in [-0.2, -0.15) is 4.31 Å². The van der Waals surface area contributed by atoms with Crippen molar-refractivity contribution in [3.63, 3.8) is 0 Å². The molecule has 0 aromatic heterocycles. The van der Waals surface area contributed by atoms with E-state index in [1.807, 2.05) is 0 Å². The molecule has 7 heteroatoms. The lowest BCUT2D eigenvalue weighted by Gasteiger charge is -2.19. The van der Waals surface area contributed by atoms with Crippen molar-refractivity contribution in [1.82, 2.24) is 4.31 Å². The second-order valence-electron chi connectivity index (χ2n) is 3.69. The average molecular weight is 350 g/mol. The number of hydrogen-bond acceptors (Lipinski definition) is 4. The van der Waals surface area contributed by atoms with E-state index in [0.29, 0.717) is 0 Å². The molecule has 0 fully saturated rings. The smallest absolute Gasteiger partial charge is 0.321 e. The molecule has 0 amide bonds. The van der Waals surface area contributed by atoms with Gasteiger partial charge in [-0.1, -0.05) is 22.9 Å². The van der Waals surface area contributed by atoms with Crippen LogP contribution in [0.4, 0.5) is 0 Å². The predicted molar refractivity (Wildman–Crippen MR) is 75.2 cm³/mol. The molecule has 1 aromatic rings. The molecule has 0 unspecified atom stereocenters. The minimum absolute atomic E-state index is 0.154. The number of carbonyl (C=O) groups is 1. The molecule has 1 rings (SSSR count). The lowest BCUT2D eigenvalue weighted by atomic mass is 10.4. The molecule has 1 aromatic carbocycles. The second-order valence-corrected chi connectivity index (χ2v) is 6.54. The van der Waals surface area contributed by atoms with Crippen LogP contribution in [-0.2, 0) is 19.6 Å². The van der Waals surface area contributed by atoms with Gasteiger partial charge in [-0.15, -0.1) is 0 Å². The molecule has 0 N–H and O–H groups in total. The van der Waals surface area contributed by atoms with E-state index in [1.54, 1.807) is 26.0 Å². The summed E-state index contributed by atoms with van der Waals surface area (Å²) in [5.41, 5.74) is 0. The summed E-state index contributed by atoms with van der Waals surface area (Å²) < 4.78 is 31.3. The van der Waals surface area contributed by atoms with E-state index in [0.717, 1.165) is 8.78 Å². The zero-order chi connectivity index (χ0) is 14.5. The van der Waals surface area contributed by atoms with Gasteiger partial charge in [0.2, 0.25) is 10.0 Å². The van der Waals surface area contributed by atoms with Gasteiger partial charge in [-0.3, -0.25) is 4.79 Å². The first-order valence-electron chi connectivity index (χ1n) is 5.83. The number of nitrogens with zero attached hydrogens (tertiary/aromatic N) is 1. The first-order chi connectivity index (χ1) is 8.91. The van der Waals surface area contributed by atoms with E-state index in [9.17, 15) is 13.2 Å². The van der Waals surface area contributed by atoms with E-state index < -0.39 is 16.0 Å². The largest absolute Gasteiger partial charge is 0.465 e. The van der Waals surface area contributed by atoms with Crippen LogP contribution < -0.4 is 0 Å². The molecule has 0 heterocycles. The summed E-state index contributed by atoms with van der Waals surface area (Å²) in [6.07, 6.45) is 0.